The first-order valence-electron chi connectivity index (χ1n) is 9.48. The van der Waals surface area contributed by atoms with Crippen LogP contribution >= 0.6 is 0 Å². The van der Waals surface area contributed by atoms with Crippen LogP contribution in [0.4, 0.5) is 29.3 Å². The van der Waals surface area contributed by atoms with E-state index in [0.717, 1.165) is 31.7 Å². The van der Waals surface area contributed by atoms with Crippen molar-refractivity contribution in [1.29, 1.82) is 0 Å². The summed E-state index contributed by atoms with van der Waals surface area (Å²) in [6.45, 7) is 0. The molecule has 0 bridgehead atoms. The van der Waals surface area contributed by atoms with E-state index in [1.807, 2.05) is 0 Å². The van der Waals surface area contributed by atoms with Crippen LogP contribution in [0.15, 0.2) is 48.5 Å². The van der Waals surface area contributed by atoms with Gasteiger partial charge >= 0.3 is 12.2 Å². The second kappa shape index (κ2) is 8.98. The van der Waals surface area contributed by atoms with E-state index in [-0.39, 0.29) is 17.6 Å². The Kier molecular flexibility index (Phi) is 6.41. The summed E-state index contributed by atoms with van der Waals surface area (Å²) in [5, 5.41) is 7.68. The molecule has 1 saturated carbocycles. The number of hydrogen-bond donors (Lipinski definition) is 3. The highest BCUT2D eigenvalue weighted by Gasteiger charge is 2.33. The van der Waals surface area contributed by atoms with Crippen LogP contribution in [-0.4, -0.2) is 18.0 Å². The highest BCUT2D eigenvalue weighted by molar-refractivity contribution is 6.01. The Bertz CT molecular complexity index is 860. The van der Waals surface area contributed by atoms with Crippen molar-refractivity contribution in [3.63, 3.8) is 0 Å². The number of amides is 3. The molecule has 2 aromatic carbocycles. The summed E-state index contributed by atoms with van der Waals surface area (Å²) in [6.07, 6.45) is 0.802. The number of urea groups is 1. The molecule has 0 aliphatic heterocycles. The lowest BCUT2D eigenvalue weighted by Gasteiger charge is -2.22. The van der Waals surface area contributed by atoms with Gasteiger partial charge in [0.25, 0.3) is 5.91 Å². The van der Waals surface area contributed by atoms with E-state index in [2.05, 4.69) is 16.0 Å². The first kappa shape index (κ1) is 20.7. The van der Waals surface area contributed by atoms with E-state index in [9.17, 15) is 22.8 Å². The standard InChI is InChI=1S/C21H22F3N3O2/c22-21(23,24)17-8-4-5-9-18(17)27-20(29)26-16-12-10-14(11-13-16)19(28)25-15-6-2-1-3-7-15/h4-5,8-13,15H,1-3,6-7H2,(H,25,28)(H2,26,27,29). The molecule has 3 N–H and O–H groups in total. The number of anilines is 2. The lowest BCUT2D eigenvalue weighted by Crippen LogP contribution is -2.36. The quantitative estimate of drug-likeness (QED) is 0.636. The van der Waals surface area contributed by atoms with Crippen LogP contribution in [0.5, 0.6) is 0 Å². The van der Waals surface area contributed by atoms with E-state index in [4.69, 9.17) is 0 Å². The van der Waals surface area contributed by atoms with E-state index >= 15 is 0 Å². The maximum absolute atomic E-state index is 13.0. The normalized spacial score (nSPS) is 14.9. The van der Waals surface area contributed by atoms with Crippen molar-refractivity contribution < 1.29 is 22.8 Å². The zero-order chi connectivity index (χ0) is 20.9. The van der Waals surface area contributed by atoms with Gasteiger partial charge in [0.05, 0.1) is 11.3 Å². The molecule has 154 valence electrons. The van der Waals surface area contributed by atoms with Gasteiger partial charge in [-0.2, -0.15) is 13.2 Å². The Morgan fingerprint density at radius 1 is 0.862 bits per heavy atom. The molecule has 0 heterocycles. The molecular weight excluding hydrogens is 383 g/mol. The number of alkyl halides is 3. The van der Waals surface area contributed by atoms with Crippen molar-refractivity contribution in [2.75, 3.05) is 10.6 Å². The van der Waals surface area contributed by atoms with Gasteiger partial charge in [-0.1, -0.05) is 31.4 Å². The van der Waals surface area contributed by atoms with Crippen molar-refractivity contribution in [3.05, 3.63) is 59.7 Å². The molecule has 0 radical (unpaired) electrons. The van der Waals surface area contributed by atoms with Crippen LogP contribution in [0.25, 0.3) is 0 Å². The topological polar surface area (TPSA) is 70.2 Å². The van der Waals surface area contributed by atoms with Gasteiger partial charge in [0.1, 0.15) is 0 Å². The number of para-hydroxylation sites is 1. The van der Waals surface area contributed by atoms with Crippen LogP contribution < -0.4 is 16.0 Å². The highest BCUT2D eigenvalue weighted by Crippen LogP contribution is 2.34. The van der Waals surface area contributed by atoms with Crippen LogP contribution in [-0.2, 0) is 6.18 Å². The molecule has 0 unspecified atom stereocenters. The highest BCUT2D eigenvalue weighted by atomic mass is 19.4. The molecule has 1 aliphatic rings. The monoisotopic (exact) mass is 405 g/mol. The fourth-order valence-corrected chi connectivity index (χ4v) is 3.34. The third-order valence-corrected chi connectivity index (χ3v) is 4.83. The van der Waals surface area contributed by atoms with Crippen molar-refractivity contribution in [2.45, 2.75) is 44.3 Å². The predicted octanol–water partition coefficient (Wildman–Crippen LogP) is 5.41. The molecule has 3 rings (SSSR count). The van der Waals surface area contributed by atoms with Gasteiger partial charge < -0.3 is 16.0 Å². The van der Waals surface area contributed by atoms with Gasteiger partial charge in [0.2, 0.25) is 0 Å². The maximum Gasteiger partial charge on any atom is 0.418 e. The minimum Gasteiger partial charge on any atom is -0.349 e. The van der Waals surface area contributed by atoms with E-state index in [1.165, 1.54) is 36.8 Å². The molecule has 3 amide bonds. The molecule has 1 aliphatic carbocycles. The summed E-state index contributed by atoms with van der Waals surface area (Å²) in [7, 11) is 0. The number of benzene rings is 2. The Hall–Kier alpha value is -3.03. The zero-order valence-electron chi connectivity index (χ0n) is 15.7. The molecule has 29 heavy (non-hydrogen) atoms. The van der Waals surface area contributed by atoms with Gasteiger partial charge in [-0.05, 0) is 49.2 Å². The number of nitrogens with one attached hydrogen (secondary N) is 3. The third kappa shape index (κ3) is 5.73. The largest absolute Gasteiger partial charge is 0.418 e. The average molecular weight is 405 g/mol. The van der Waals surface area contributed by atoms with Gasteiger partial charge in [-0.3, -0.25) is 4.79 Å². The number of carbonyl (C=O) groups excluding carboxylic acids is 2. The molecular formula is C21H22F3N3O2. The first-order chi connectivity index (χ1) is 13.8. The fraction of sp³-hybridized carbons (Fsp3) is 0.333. The van der Waals surface area contributed by atoms with E-state index < -0.39 is 17.8 Å². The number of carbonyl (C=O) groups is 2. The Balaban J connectivity index is 1.58. The van der Waals surface area contributed by atoms with Gasteiger partial charge in [-0.25, -0.2) is 4.79 Å². The third-order valence-electron chi connectivity index (χ3n) is 4.83. The lowest BCUT2D eigenvalue weighted by molar-refractivity contribution is -0.136. The molecule has 2 aromatic rings. The maximum atomic E-state index is 13.0. The molecule has 5 nitrogen and oxygen atoms in total. The summed E-state index contributed by atoms with van der Waals surface area (Å²) in [6, 6.07) is 10.3. The zero-order valence-corrected chi connectivity index (χ0v) is 15.7. The Morgan fingerprint density at radius 2 is 1.52 bits per heavy atom. The SMILES string of the molecule is O=C(Nc1ccc(C(=O)NC2CCCCC2)cc1)Nc1ccccc1C(F)(F)F. The van der Waals surface area contributed by atoms with Crippen molar-refractivity contribution >= 4 is 23.3 Å². The number of hydrogen-bond acceptors (Lipinski definition) is 2. The second-order valence-corrected chi connectivity index (χ2v) is 7.01. The summed E-state index contributed by atoms with van der Waals surface area (Å²) in [5.74, 6) is -0.174. The van der Waals surface area contributed by atoms with Crippen LogP contribution in [0.2, 0.25) is 0 Å². The molecule has 0 spiro atoms. The summed E-state index contributed by atoms with van der Waals surface area (Å²) < 4.78 is 39.0. The predicted molar refractivity (Wildman–Crippen MR) is 105 cm³/mol. The molecule has 1 fully saturated rings. The van der Waals surface area contributed by atoms with Gasteiger partial charge in [-0.15, -0.1) is 0 Å². The van der Waals surface area contributed by atoms with Crippen LogP contribution in [0.3, 0.4) is 0 Å². The van der Waals surface area contributed by atoms with E-state index in [1.54, 1.807) is 12.1 Å². The fourth-order valence-electron chi connectivity index (χ4n) is 3.34. The summed E-state index contributed by atoms with van der Waals surface area (Å²) in [4.78, 5) is 24.4. The van der Waals surface area contributed by atoms with Crippen molar-refractivity contribution in [3.8, 4) is 0 Å². The summed E-state index contributed by atoms with van der Waals surface area (Å²) in [5.41, 5.74) is -0.434. The number of rotatable bonds is 4. The van der Waals surface area contributed by atoms with E-state index in [0.29, 0.717) is 11.3 Å². The Labute approximate surface area is 166 Å². The Morgan fingerprint density at radius 3 is 2.17 bits per heavy atom. The van der Waals surface area contributed by atoms with Crippen molar-refractivity contribution in [2.24, 2.45) is 0 Å². The molecule has 8 heteroatoms. The average Bonchev–Trinajstić information content (AvgIpc) is 2.69. The molecule has 0 aromatic heterocycles. The molecule has 0 atom stereocenters. The van der Waals surface area contributed by atoms with Gasteiger partial charge in [0.15, 0.2) is 0 Å². The minimum atomic E-state index is -4.57. The second-order valence-electron chi connectivity index (χ2n) is 7.01. The molecule has 0 saturated heterocycles. The first-order valence-corrected chi connectivity index (χ1v) is 9.48. The van der Waals surface area contributed by atoms with Crippen molar-refractivity contribution in [1.82, 2.24) is 5.32 Å². The number of halogens is 3. The smallest absolute Gasteiger partial charge is 0.349 e. The van der Waals surface area contributed by atoms with Crippen LogP contribution in [0, 0.1) is 0 Å². The lowest BCUT2D eigenvalue weighted by atomic mass is 9.95. The minimum absolute atomic E-state index is 0.174. The van der Waals surface area contributed by atoms with Gasteiger partial charge in [0, 0.05) is 17.3 Å². The summed E-state index contributed by atoms with van der Waals surface area (Å²) >= 11 is 0. The van der Waals surface area contributed by atoms with Crippen LogP contribution in [0.1, 0.15) is 48.0 Å².